The van der Waals surface area contributed by atoms with E-state index in [2.05, 4.69) is 27.7 Å². The Kier molecular flexibility index (Phi) is 4.56. The van der Waals surface area contributed by atoms with Crippen molar-refractivity contribution >= 4 is 7.92 Å². The Labute approximate surface area is 54.4 Å². The van der Waals surface area contributed by atoms with Gasteiger partial charge < -0.3 is 0 Å². The van der Waals surface area contributed by atoms with Crippen molar-refractivity contribution in [1.82, 2.24) is 0 Å². The van der Waals surface area contributed by atoms with E-state index in [0.717, 1.165) is 0 Å². The van der Waals surface area contributed by atoms with Gasteiger partial charge in [0.1, 0.15) is 0 Å². The van der Waals surface area contributed by atoms with Gasteiger partial charge in [-0.1, -0.05) is 13.8 Å². The van der Waals surface area contributed by atoms with Crippen LogP contribution in [0.1, 0.15) is 13.8 Å². The maximum Gasteiger partial charge on any atom is -0.0209 e. The first kappa shape index (κ1) is 8.43. The summed E-state index contributed by atoms with van der Waals surface area (Å²) in [6.45, 7) is 12.2. The van der Waals surface area contributed by atoms with E-state index < -0.39 is 0 Å². The number of hydrogen-bond acceptors (Lipinski definition) is 0. The van der Waals surface area contributed by atoms with Gasteiger partial charge in [-0.15, -0.1) is 7.92 Å². The van der Waals surface area contributed by atoms with Crippen molar-refractivity contribution in [3.8, 4) is 0 Å². The van der Waals surface area contributed by atoms with Crippen molar-refractivity contribution in [2.75, 3.05) is 12.3 Å². The highest BCUT2D eigenvalue weighted by molar-refractivity contribution is 7.58. The predicted octanol–water partition coefficient (Wildman–Crippen LogP) is 2.54. The van der Waals surface area contributed by atoms with Crippen LogP contribution in [0.25, 0.3) is 0 Å². The Morgan fingerprint density at radius 2 is 1.62 bits per heavy atom. The molecule has 0 N–H and O–H groups in total. The van der Waals surface area contributed by atoms with Crippen LogP contribution in [0.15, 0.2) is 0 Å². The van der Waals surface area contributed by atoms with E-state index in [4.69, 9.17) is 0 Å². The minimum Gasteiger partial charge on any atom is -0.104 e. The Balaban J connectivity index is 3.35. The van der Waals surface area contributed by atoms with Crippen LogP contribution in [-0.2, 0) is 0 Å². The molecular formula is C7H15P. The molecule has 0 amide bonds. The van der Waals surface area contributed by atoms with Crippen LogP contribution >= 0.6 is 7.92 Å². The van der Waals surface area contributed by atoms with Crippen molar-refractivity contribution in [3.05, 3.63) is 13.8 Å². The van der Waals surface area contributed by atoms with E-state index in [1.54, 1.807) is 0 Å². The van der Waals surface area contributed by atoms with E-state index in [0.29, 0.717) is 5.66 Å². The van der Waals surface area contributed by atoms with E-state index in [9.17, 15) is 0 Å². The predicted molar refractivity (Wildman–Crippen MR) is 42.5 cm³/mol. The first-order valence-electron chi connectivity index (χ1n) is 3.12. The molecule has 0 spiro atoms. The lowest BCUT2D eigenvalue weighted by Gasteiger charge is -2.16. The molecule has 0 aromatic heterocycles. The fraction of sp³-hybridized carbons (Fsp3) is 0.714. The third-order valence-corrected chi connectivity index (χ3v) is 3.99. The van der Waals surface area contributed by atoms with Gasteiger partial charge in [-0.2, -0.15) is 0 Å². The molecule has 0 atom stereocenters. The highest BCUT2D eigenvalue weighted by Crippen LogP contribution is 2.38. The Bertz CT molecular complexity index is 46.3. The molecule has 8 heavy (non-hydrogen) atoms. The normalized spacial score (nSPS) is 11.2. The molecule has 0 aliphatic heterocycles. The third kappa shape index (κ3) is 2.67. The lowest BCUT2D eigenvalue weighted by molar-refractivity contribution is 1.30. The third-order valence-electron chi connectivity index (χ3n) is 1.33. The van der Waals surface area contributed by atoms with E-state index in [-0.39, 0.29) is 7.92 Å². The van der Waals surface area contributed by atoms with Gasteiger partial charge in [0.05, 0.1) is 0 Å². The second kappa shape index (κ2) is 4.32. The van der Waals surface area contributed by atoms with Crippen molar-refractivity contribution in [2.24, 2.45) is 0 Å². The summed E-state index contributed by atoms with van der Waals surface area (Å²) in [5.41, 5.74) is 0.444. The molecule has 1 heteroatoms. The molecule has 0 rings (SSSR count). The average Bonchev–Trinajstić information content (AvgIpc) is 1.69. The quantitative estimate of drug-likeness (QED) is 0.515. The van der Waals surface area contributed by atoms with E-state index in [1.165, 1.54) is 12.3 Å². The molecule has 0 unspecified atom stereocenters. The number of rotatable bonds is 3. The van der Waals surface area contributed by atoms with Gasteiger partial charge in [0, 0.05) is 0 Å². The minimum atomic E-state index is 0.163. The molecule has 0 aromatic rings. The van der Waals surface area contributed by atoms with Crippen LogP contribution in [0.3, 0.4) is 0 Å². The lowest BCUT2D eigenvalue weighted by Crippen LogP contribution is -1.97. The molecule has 2 radical (unpaired) electrons. The first-order valence-corrected chi connectivity index (χ1v) is 4.90. The van der Waals surface area contributed by atoms with Crippen LogP contribution < -0.4 is 0 Å². The highest BCUT2D eigenvalue weighted by Gasteiger charge is 2.05. The monoisotopic (exact) mass is 130 g/mol. The summed E-state index contributed by atoms with van der Waals surface area (Å²) in [4.78, 5) is 0. The maximum absolute atomic E-state index is 3.90. The molecule has 0 aliphatic carbocycles. The molecule has 0 bridgehead atoms. The Morgan fingerprint density at radius 3 is 1.62 bits per heavy atom. The van der Waals surface area contributed by atoms with Crippen molar-refractivity contribution < 1.29 is 0 Å². The topological polar surface area (TPSA) is 0 Å². The summed E-state index contributed by atoms with van der Waals surface area (Å²) in [6.07, 6.45) is 2.56. The molecule has 0 saturated heterocycles. The van der Waals surface area contributed by atoms with Crippen LogP contribution in [-0.4, -0.2) is 18.0 Å². The highest BCUT2D eigenvalue weighted by atomic mass is 31.1. The van der Waals surface area contributed by atoms with E-state index in [1.807, 2.05) is 0 Å². The molecule has 0 fully saturated rings. The summed E-state index contributed by atoms with van der Waals surface area (Å²) in [5, 5.41) is 0. The van der Waals surface area contributed by atoms with Crippen molar-refractivity contribution in [3.63, 3.8) is 0 Å². The fourth-order valence-corrected chi connectivity index (χ4v) is 2.22. The van der Waals surface area contributed by atoms with Crippen LogP contribution in [0.4, 0.5) is 0 Å². The van der Waals surface area contributed by atoms with Crippen molar-refractivity contribution in [1.29, 1.82) is 0 Å². The standard InChI is InChI=1S/C7H15P/c1-5-8(6-2)7(3)4/h7H,3-6H2,1-2H3. The van der Waals surface area contributed by atoms with Gasteiger partial charge in [-0.3, -0.25) is 0 Å². The fourth-order valence-electron chi connectivity index (χ4n) is 0.740. The zero-order valence-electron chi connectivity index (χ0n) is 5.85. The first-order chi connectivity index (χ1) is 3.72. The van der Waals surface area contributed by atoms with Gasteiger partial charge in [0.25, 0.3) is 0 Å². The summed E-state index contributed by atoms with van der Waals surface area (Å²) in [6, 6.07) is 0. The van der Waals surface area contributed by atoms with Gasteiger partial charge in [0.2, 0.25) is 0 Å². The van der Waals surface area contributed by atoms with Crippen molar-refractivity contribution in [2.45, 2.75) is 19.5 Å². The number of hydrogen-bond donors (Lipinski definition) is 0. The molecule has 0 aliphatic rings. The lowest BCUT2D eigenvalue weighted by atomic mass is 10.6. The molecular weight excluding hydrogens is 115 g/mol. The zero-order valence-corrected chi connectivity index (χ0v) is 6.75. The van der Waals surface area contributed by atoms with Crippen LogP contribution in [0.5, 0.6) is 0 Å². The summed E-state index contributed by atoms with van der Waals surface area (Å²) >= 11 is 0. The van der Waals surface area contributed by atoms with Gasteiger partial charge in [-0.25, -0.2) is 0 Å². The summed E-state index contributed by atoms with van der Waals surface area (Å²) < 4.78 is 0. The molecule has 0 saturated carbocycles. The molecule has 0 heterocycles. The van der Waals surface area contributed by atoms with Gasteiger partial charge in [-0.05, 0) is 31.8 Å². The minimum absolute atomic E-state index is 0.163. The average molecular weight is 130 g/mol. The van der Waals surface area contributed by atoms with Crippen LogP contribution in [0.2, 0.25) is 0 Å². The second-order valence-electron chi connectivity index (χ2n) is 1.88. The zero-order chi connectivity index (χ0) is 6.57. The maximum atomic E-state index is 3.90. The SMILES string of the molecule is [CH2]C([CH2])P(CC)CC. The Morgan fingerprint density at radius 1 is 1.25 bits per heavy atom. The smallest absolute Gasteiger partial charge is 0.0209 e. The molecule has 0 aromatic carbocycles. The molecule has 0 nitrogen and oxygen atoms in total. The van der Waals surface area contributed by atoms with E-state index >= 15 is 0 Å². The summed E-state index contributed by atoms with van der Waals surface area (Å²) in [7, 11) is 0.163. The van der Waals surface area contributed by atoms with Crippen LogP contribution in [0, 0.1) is 13.8 Å². The second-order valence-corrected chi connectivity index (χ2v) is 5.05. The van der Waals surface area contributed by atoms with Gasteiger partial charge >= 0.3 is 0 Å². The Hall–Kier alpha value is 0.430. The summed E-state index contributed by atoms with van der Waals surface area (Å²) in [5.74, 6) is 0. The largest absolute Gasteiger partial charge is 0.104 e. The van der Waals surface area contributed by atoms with Gasteiger partial charge in [0.15, 0.2) is 0 Å². The molecule has 48 valence electrons.